The molecule has 0 radical (unpaired) electrons. The number of hydrogen-bond donors (Lipinski definition) is 1. The second-order valence-corrected chi connectivity index (χ2v) is 6.81. The van der Waals surface area contributed by atoms with Crippen LogP contribution in [0.25, 0.3) is 5.82 Å². The molecule has 1 aliphatic heterocycles. The third-order valence-electron chi connectivity index (χ3n) is 4.97. The van der Waals surface area contributed by atoms with Crippen LogP contribution in [0, 0.1) is 0 Å². The Labute approximate surface area is 157 Å². The normalized spacial score (nSPS) is 17.7. The van der Waals surface area contributed by atoms with Crippen molar-refractivity contribution >= 4 is 5.97 Å². The van der Waals surface area contributed by atoms with Crippen LogP contribution in [-0.2, 0) is 6.54 Å². The quantitative estimate of drug-likeness (QED) is 0.750. The number of carboxylic acids is 1. The summed E-state index contributed by atoms with van der Waals surface area (Å²) >= 11 is 0. The summed E-state index contributed by atoms with van der Waals surface area (Å²) in [5, 5.41) is 9.40. The molecule has 7 heteroatoms. The maximum absolute atomic E-state index is 11.5. The molecule has 0 amide bonds. The van der Waals surface area contributed by atoms with Crippen molar-refractivity contribution in [2.45, 2.75) is 25.3 Å². The molecule has 0 aliphatic carbocycles. The van der Waals surface area contributed by atoms with Gasteiger partial charge in [0.2, 0.25) is 0 Å². The molecular weight excluding hydrogens is 342 g/mol. The minimum atomic E-state index is -0.877. The van der Waals surface area contributed by atoms with E-state index in [1.807, 2.05) is 29.1 Å². The van der Waals surface area contributed by atoms with Gasteiger partial charge in [0.05, 0.1) is 17.5 Å². The highest BCUT2D eigenvalue weighted by molar-refractivity contribution is 5.89. The molecule has 0 bridgehead atoms. The number of hydrogen-bond acceptors (Lipinski definition) is 5. The van der Waals surface area contributed by atoms with Gasteiger partial charge in [0.1, 0.15) is 6.33 Å². The van der Waals surface area contributed by atoms with Gasteiger partial charge in [0.15, 0.2) is 5.82 Å². The fraction of sp³-hybridized carbons (Fsp3) is 0.300. The number of carboxylic acid groups (broad SMARTS) is 1. The molecule has 1 aliphatic rings. The molecule has 1 saturated heterocycles. The number of piperidine rings is 1. The topological polar surface area (TPSA) is 84.1 Å². The molecule has 0 spiro atoms. The molecule has 4 rings (SSSR count). The van der Waals surface area contributed by atoms with Crippen molar-refractivity contribution < 1.29 is 9.90 Å². The zero-order valence-electron chi connectivity index (χ0n) is 14.9. The van der Waals surface area contributed by atoms with Gasteiger partial charge in [0, 0.05) is 37.6 Å². The molecule has 1 N–H and O–H groups in total. The van der Waals surface area contributed by atoms with Crippen molar-refractivity contribution in [1.82, 2.24) is 24.4 Å². The molecule has 1 fully saturated rings. The Morgan fingerprint density at radius 1 is 1.22 bits per heavy atom. The second kappa shape index (κ2) is 7.67. The van der Waals surface area contributed by atoms with Crippen LogP contribution in [0.2, 0.25) is 0 Å². The van der Waals surface area contributed by atoms with Crippen molar-refractivity contribution in [1.29, 1.82) is 0 Å². The standard InChI is InChI=1S/C20H21N5O2/c26-20(27)17-6-2-1-4-15(17)12-24-8-3-5-16(13-24)18-10-22-11-19(23-18)25-9-7-21-14-25/h1-2,4,6-7,9-11,14,16H,3,5,8,12-13H2,(H,26,27)/t16-/m0/s1. The zero-order valence-corrected chi connectivity index (χ0v) is 14.9. The van der Waals surface area contributed by atoms with E-state index in [-0.39, 0.29) is 5.92 Å². The van der Waals surface area contributed by atoms with Gasteiger partial charge in [-0.2, -0.15) is 0 Å². The maximum Gasteiger partial charge on any atom is 0.336 e. The lowest BCUT2D eigenvalue weighted by Gasteiger charge is -2.32. The third-order valence-corrected chi connectivity index (χ3v) is 4.97. The van der Waals surface area contributed by atoms with Crippen LogP contribution in [0.15, 0.2) is 55.4 Å². The van der Waals surface area contributed by atoms with E-state index in [9.17, 15) is 9.90 Å². The minimum absolute atomic E-state index is 0.284. The van der Waals surface area contributed by atoms with Crippen molar-refractivity contribution in [3.05, 3.63) is 72.2 Å². The van der Waals surface area contributed by atoms with E-state index < -0.39 is 5.97 Å². The number of imidazole rings is 1. The molecule has 7 nitrogen and oxygen atoms in total. The molecule has 138 valence electrons. The van der Waals surface area contributed by atoms with Crippen LogP contribution in [0.5, 0.6) is 0 Å². The number of aromatic carboxylic acids is 1. The molecule has 0 saturated carbocycles. The first-order chi connectivity index (χ1) is 13.2. The summed E-state index contributed by atoms with van der Waals surface area (Å²) in [6, 6.07) is 7.22. The summed E-state index contributed by atoms with van der Waals surface area (Å²) in [7, 11) is 0. The van der Waals surface area contributed by atoms with Gasteiger partial charge < -0.3 is 5.11 Å². The molecule has 3 aromatic rings. The number of likely N-dealkylation sites (tertiary alicyclic amines) is 1. The fourth-order valence-electron chi connectivity index (χ4n) is 3.63. The Morgan fingerprint density at radius 2 is 2.11 bits per heavy atom. The highest BCUT2D eigenvalue weighted by atomic mass is 16.4. The number of rotatable bonds is 5. The van der Waals surface area contributed by atoms with Crippen LogP contribution >= 0.6 is 0 Å². The van der Waals surface area contributed by atoms with E-state index in [2.05, 4.69) is 14.9 Å². The lowest BCUT2D eigenvalue weighted by molar-refractivity contribution is 0.0694. The summed E-state index contributed by atoms with van der Waals surface area (Å²) in [4.78, 5) is 26.9. The smallest absolute Gasteiger partial charge is 0.336 e. The maximum atomic E-state index is 11.5. The van der Waals surface area contributed by atoms with Gasteiger partial charge in [-0.05, 0) is 31.0 Å². The van der Waals surface area contributed by atoms with Crippen molar-refractivity contribution in [2.24, 2.45) is 0 Å². The average molecular weight is 363 g/mol. The number of benzene rings is 1. The van der Waals surface area contributed by atoms with Gasteiger partial charge in [0.25, 0.3) is 0 Å². The SMILES string of the molecule is O=C(O)c1ccccc1CN1CCC[C@H](c2cncc(-n3ccnc3)n2)C1. The van der Waals surface area contributed by atoms with E-state index in [1.54, 1.807) is 30.9 Å². The van der Waals surface area contributed by atoms with Gasteiger partial charge in [-0.3, -0.25) is 14.5 Å². The third kappa shape index (κ3) is 3.88. The Kier molecular flexibility index (Phi) is 4.93. The lowest BCUT2D eigenvalue weighted by Crippen LogP contribution is -2.34. The first kappa shape index (κ1) is 17.4. The molecule has 0 unspecified atom stereocenters. The van der Waals surface area contributed by atoms with Crippen LogP contribution in [-0.4, -0.2) is 48.6 Å². The molecule has 1 atom stereocenters. The number of aromatic nitrogens is 4. The Bertz CT molecular complexity index is 926. The lowest BCUT2D eigenvalue weighted by atomic mass is 9.94. The predicted molar refractivity (Wildman–Crippen MR) is 99.8 cm³/mol. The first-order valence-electron chi connectivity index (χ1n) is 9.04. The van der Waals surface area contributed by atoms with Crippen LogP contribution in [0.3, 0.4) is 0 Å². The average Bonchev–Trinajstić information content (AvgIpc) is 3.23. The Balaban J connectivity index is 1.51. The first-order valence-corrected chi connectivity index (χ1v) is 9.04. The van der Waals surface area contributed by atoms with E-state index in [1.165, 1.54) is 0 Å². The van der Waals surface area contributed by atoms with Crippen LogP contribution < -0.4 is 0 Å². The van der Waals surface area contributed by atoms with Crippen molar-refractivity contribution in [2.75, 3.05) is 13.1 Å². The number of nitrogens with zero attached hydrogens (tertiary/aromatic N) is 5. The molecule has 1 aromatic carbocycles. The Morgan fingerprint density at radius 3 is 2.93 bits per heavy atom. The molecule has 2 aromatic heterocycles. The van der Waals surface area contributed by atoms with Crippen LogP contribution in [0.1, 0.15) is 40.4 Å². The van der Waals surface area contributed by atoms with E-state index in [0.717, 1.165) is 43.0 Å². The second-order valence-electron chi connectivity index (χ2n) is 6.81. The summed E-state index contributed by atoms with van der Waals surface area (Å²) < 4.78 is 1.85. The van der Waals surface area contributed by atoms with Crippen molar-refractivity contribution in [3.63, 3.8) is 0 Å². The largest absolute Gasteiger partial charge is 0.478 e. The highest BCUT2D eigenvalue weighted by Crippen LogP contribution is 2.27. The number of carbonyl (C=O) groups is 1. The van der Waals surface area contributed by atoms with E-state index in [0.29, 0.717) is 12.1 Å². The van der Waals surface area contributed by atoms with Gasteiger partial charge in [-0.15, -0.1) is 0 Å². The minimum Gasteiger partial charge on any atom is -0.478 e. The summed E-state index contributed by atoms with van der Waals surface area (Å²) in [5.41, 5.74) is 2.20. The monoisotopic (exact) mass is 363 g/mol. The van der Waals surface area contributed by atoms with Gasteiger partial charge >= 0.3 is 5.97 Å². The summed E-state index contributed by atoms with van der Waals surface area (Å²) in [5.74, 6) is 0.170. The van der Waals surface area contributed by atoms with E-state index in [4.69, 9.17) is 4.98 Å². The highest BCUT2D eigenvalue weighted by Gasteiger charge is 2.24. The van der Waals surface area contributed by atoms with Gasteiger partial charge in [-0.1, -0.05) is 18.2 Å². The summed E-state index contributed by atoms with van der Waals surface area (Å²) in [6.07, 6.45) is 11.0. The van der Waals surface area contributed by atoms with E-state index >= 15 is 0 Å². The van der Waals surface area contributed by atoms with Crippen LogP contribution in [0.4, 0.5) is 0 Å². The Hall–Kier alpha value is -3.06. The fourth-order valence-corrected chi connectivity index (χ4v) is 3.63. The molecule has 27 heavy (non-hydrogen) atoms. The molecule has 3 heterocycles. The van der Waals surface area contributed by atoms with Crippen molar-refractivity contribution in [3.8, 4) is 5.82 Å². The zero-order chi connectivity index (χ0) is 18.6. The predicted octanol–water partition coefficient (Wildman–Crippen LogP) is 2.74. The molecular formula is C20H21N5O2. The summed E-state index contributed by atoms with van der Waals surface area (Å²) in [6.45, 7) is 2.43. The van der Waals surface area contributed by atoms with Gasteiger partial charge in [-0.25, -0.2) is 14.8 Å².